The van der Waals surface area contributed by atoms with Gasteiger partial charge in [-0.3, -0.25) is 9.97 Å². The third-order valence-electron chi connectivity index (χ3n) is 11.0. The van der Waals surface area contributed by atoms with E-state index in [1.54, 1.807) is 12.1 Å². The Kier molecular flexibility index (Phi) is 11.8. The fraction of sp³-hybridized carbons (Fsp3) is 0.115. The molecule has 1 radical (unpaired) electrons. The van der Waals surface area contributed by atoms with E-state index >= 15 is 0 Å². The number of aromatic carboxylic acids is 1. The summed E-state index contributed by atoms with van der Waals surface area (Å²) in [4.78, 5) is 26.6. The molecule has 1 N–H and O–H groups in total. The number of fused-ring (bicyclic) bond motifs is 2. The van der Waals surface area contributed by atoms with Gasteiger partial charge in [-0.25, -0.2) is 9.78 Å². The zero-order valence-corrected chi connectivity index (χ0v) is 35.9. The molecule has 4 heterocycles. The van der Waals surface area contributed by atoms with E-state index in [0.717, 1.165) is 50.7 Å². The average Bonchev–Trinajstić information content (AvgIpc) is 3.25. The number of nitrogens with zero attached hydrogens (tertiary/aromatic N) is 4. The molecule has 0 aliphatic carbocycles. The molecule has 8 aromatic rings. The molecule has 0 bridgehead atoms. The minimum Gasteiger partial charge on any atom is -0.477 e. The molecule has 6 nitrogen and oxygen atoms in total. The van der Waals surface area contributed by atoms with Crippen LogP contribution in [0.25, 0.3) is 33.5 Å². The smallest absolute Gasteiger partial charge is 0.354 e. The van der Waals surface area contributed by atoms with Crippen molar-refractivity contribution in [2.75, 3.05) is 11.9 Å². The second-order valence-corrected chi connectivity index (χ2v) is 14.6. The third kappa shape index (κ3) is 7.51. The molecule has 293 valence electrons. The number of pyridine rings is 3. The van der Waals surface area contributed by atoms with E-state index in [1.807, 2.05) is 30.5 Å². The first-order valence-electron chi connectivity index (χ1n) is 19.3. The van der Waals surface area contributed by atoms with Crippen LogP contribution in [0, 0.1) is 39.8 Å². The van der Waals surface area contributed by atoms with Crippen molar-refractivity contribution in [2.45, 2.75) is 33.1 Å². The van der Waals surface area contributed by atoms with Crippen LogP contribution in [0.3, 0.4) is 0 Å². The van der Waals surface area contributed by atoms with Crippen molar-refractivity contribution in [2.24, 2.45) is 0 Å². The molecule has 0 fully saturated rings. The van der Waals surface area contributed by atoms with E-state index in [0.29, 0.717) is 0 Å². The molecule has 7 heteroatoms. The second-order valence-electron chi connectivity index (χ2n) is 14.6. The van der Waals surface area contributed by atoms with Gasteiger partial charge in [-0.15, -0.1) is 53.1 Å². The van der Waals surface area contributed by atoms with E-state index in [4.69, 9.17) is 15.1 Å². The predicted octanol–water partition coefficient (Wildman–Crippen LogP) is 11.6. The third-order valence-corrected chi connectivity index (χ3v) is 11.0. The Hall–Kier alpha value is -6.53. The van der Waals surface area contributed by atoms with Gasteiger partial charge in [0.15, 0.2) is 0 Å². The van der Waals surface area contributed by atoms with E-state index in [2.05, 4.69) is 160 Å². The largest absolute Gasteiger partial charge is 0.477 e. The maximum Gasteiger partial charge on any atom is 0.354 e. The predicted molar refractivity (Wildman–Crippen MR) is 233 cm³/mol. The molecular weight excluding hydrogens is 905 g/mol. The van der Waals surface area contributed by atoms with Gasteiger partial charge in [0.25, 0.3) is 0 Å². The Balaban J connectivity index is 0.000000470. The second kappa shape index (κ2) is 17.1. The molecule has 1 aliphatic rings. The molecule has 0 saturated carbocycles. The number of carboxylic acids is 1. The number of rotatable bonds is 6. The molecule has 0 saturated heterocycles. The van der Waals surface area contributed by atoms with E-state index in [9.17, 15) is 4.79 Å². The van der Waals surface area contributed by atoms with Crippen molar-refractivity contribution in [3.63, 3.8) is 0 Å². The number of carboxylic acid groups (broad SMARTS) is 1. The first-order valence-corrected chi connectivity index (χ1v) is 19.3. The van der Waals surface area contributed by atoms with Gasteiger partial charge in [0.2, 0.25) is 0 Å². The molecule has 1 atom stereocenters. The van der Waals surface area contributed by atoms with Crippen LogP contribution in [-0.2, 0) is 25.5 Å². The average molecular weight is 947 g/mol. The Bertz CT molecular complexity index is 2630. The molecule has 0 unspecified atom stereocenters. The summed E-state index contributed by atoms with van der Waals surface area (Å²) in [6.07, 6.45) is 3.34. The fourth-order valence-corrected chi connectivity index (χ4v) is 8.36. The van der Waals surface area contributed by atoms with E-state index < -0.39 is 11.4 Å². The van der Waals surface area contributed by atoms with Gasteiger partial charge >= 0.3 is 5.97 Å². The summed E-state index contributed by atoms with van der Waals surface area (Å²) in [5.74, 6) is -0.990. The number of aromatic nitrogens is 3. The van der Waals surface area contributed by atoms with Crippen LogP contribution < -0.4 is 4.90 Å². The van der Waals surface area contributed by atoms with Gasteiger partial charge in [-0.05, 0) is 105 Å². The van der Waals surface area contributed by atoms with Crippen molar-refractivity contribution in [3.05, 3.63) is 221 Å². The summed E-state index contributed by atoms with van der Waals surface area (Å²) in [7, 11) is 2.18. The van der Waals surface area contributed by atoms with Crippen molar-refractivity contribution < 1.29 is 30.0 Å². The molecule has 0 spiro atoms. The summed E-state index contributed by atoms with van der Waals surface area (Å²) in [5.41, 5.74) is 17.0. The Morgan fingerprint density at radius 3 is 1.83 bits per heavy atom. The van der Waals surface area contributed by atoms with Gasteiger partial charge in [-0.1, -0.05) is 95.2 Å². The number of anilines is 2. The van der Waals surface area contributed by atoms with Gasteiger partial charge in [0, 0.05) is 43.9 Å². The van der Waals surface area contributed by atoms with Crippen molar-refractivity contribution >= 4 is 17.3 Å². The summed E-state index contributed by atoms with van der Waals surface area (Å²) >= 11 is 0. The maximum absolute atomic E-state index is 10.1. The zero-order valence-electron chi connectivity index (χ0n) is 33.5. The van der Waals surface area contributed by atoms with E-state index in [1.165, 1.54) is 51.2 Å². The number of carbonyl (C=O) groups is 1. The normalized spacial score (nSPS) is 13.9. The maximum atomic E-state index is 10.1. The molecule has 9 rings (SSSR count). The monoisotopic (exact) mass is 947 g/mol. The summed E-state index contributed by atoms with van der Waals surface area (Å²) in [6, 6.07) is 57.0. The van der Waals surface area contributed by atoms with Crippen LogP contribution >= 0.6 is 0 Å². The molecule has 5 aromatic carbocycles. The van der Waals surface area contributed by atoms with Gasteiger partial charge in [0.05, 0.1) is 11.1 Å². The molecule has 59 heavy (non-hydrogen) atoms. The van der Waals surface area contributed by atoms with Gasteiger partial charge < -0.3 is 10.0 Å². The Morgan fingerprint density at radius 2 is 1.24 bits per heavy atom. The van der Waals surface area contributed by atoms with Crippen LogP contribution in [0.4, 0.5) is 11.4 Å². The first-order chi connectivity index (χ1) is 28.2. The molecule has 3 aromatic heterocycles. The van der Waals surface area contributed by atoms with Crippen molar-refractivity contribution in [1.82, 2.24) is 15.0 Å². The molecule has 1 aliphatic heterocycles. The van der Waals surface area contributed by atoms with E-state index in [-0.39, 0.29) is 25.8 Å². The molecular formula is C52H42IrN4O2-2. The summed E-state index contributed by atoms with van der Waals surface area (Å²) < 4.78 is 0. The van der Waals surface area contributed by atoms with Crippen LogP contribution in [0.15, 0.2) is 158 Å². The van der Waals surface area contributed by atoms with Crippen LogP contribution in [0.2, 0.25) is 0 Å². The van der Waals surface area contributed by atoms with Crippen LogP contribution in [0.1, 0.15) is 55.3 Å². The first kappa shape index (κ1) is 40.7. The number of hydrogen-bond donors (Lipinski definition) is 1. The number of aryl methyl sites for hydroxylation is 4. The SMILES string of the molecule is Cc1cccc(C)c1-c1c[c-]c2c(c1)N(C)c1cc(-c3c(C)cccc3C)ccc1[C@]2(c1ccccn1)c1cccc(-c2[c-]cccc2)n1.O=C(O)c1ccccn1.[Ir]. The summed E-state index contributed by atoms with van der Waals surface area (Å²) in [6.45, 7) is 8.76. The van der Waals surface area contributed by atoms with Gasteiger partial charge in [-0.2, -0.15) is 12.1 Å². The van der Waals surface area contributed by atoms with Crippen LogP contribution in [0.5, 0.6) is 0 Å². The number of benzene rings is 5. The van der Waals surface area contributed by atoms with Gasteiger partial charge in [0.1, 0.15) is 5.69 Å². The van der Waals surface area contributed by atoms with Crippen LogP contribution in [-0.4, -0.2) is 33.1 Å². The van der Waals surface area contributed by atoms with Crippen molar-refractivity contribution in [1.29, 1.82) is 0 Å². The summed E-state index contributed by atoms with van der Waals surface area (Å²) in [5, 5.41) is 8.32. The quantitative estimate of drug-likeness (QED) is 0.167. The minimum atomic E-state index is -0.990. The Morgan fingerprint density at radius 1 is 0.627 bits per heavy atom. The molecule has 0 amide bonds. The standard InChI is InChI=1S/C46H37N3.C6H5NO2.Ir/c1-30-14-11-15-31(2)44(30)35-23-25-37-40(28-35)49(5)41-29-36(45-32(3)16-12-17-33(45)4)24-26-38(41)46(37,42-21-9-10-27-47-42)43-22-13-20-39(48-43)34-18-7-6-8-19-34;8-6(9)5-3-1-2-4-7-5;/h6-18,20-25,27-29H,1-5H3;1-4H,(H,8,9);/q-2;;/t46-;;/m0../s1. The van der Waals surface area contributed by atoms with Crippen molar-refractivity contribution in [3.8, 4) is 33.5 Å². The number of hydrogen-bond acceptors (Lipinski definition) is 5. The Labute approximate surface area is 359 Å². The topological polar surface area (TPSA) is 79.2 Å². The minimum absolute atomic E-state index is 0. The fourth-order valence-electron chi connectivity index (χ4n) is 8.36. The zero-order chi connectivity index (χ0) is 40.4.